The summed E-state index contributed by atoms with van der Waals surface area (Å²) in [4.78, 5) is 34.3. The minimum atomic E-state index is -0.779. The molecule has 69 heavy (non-hydrogen) atoms. The van der Waals surface area contributed by atoms with Gasteiger partial charge in [0, 0.05) is 73.7 Å². The van der Waals surface area contributed by atoms with E-state index in [1.165, 1.54) is 77.6 Å². The zero-order chi connectivity index (χ0) is 47.9. The van der Waals surface area contributed by atoms with E-state index in [-0.39, 0.29) is 46.5 Å². The number of aromatic hydroxyl groups is 1. The second-order valence-electron chi connectivity index (χ2n) is 23.7. The molecule has 0 aromatic heterocycles. The Morgan fingerprint density at radius 1 is 0.913 bits per heavy atom. The van der Waals surface area contributed by atoms with Crippen LogP contribution in [0.2, 0.25) is 0 Å². The number of ether oxygens (including phenoxy) is 2. The van der Waals surface area contributed by atoms with Gasteiger partial charge in [-0.3, -0.25) is 14.6 Å². The van der Waals surface area contributed by atoms with E-state index in [2.05, 4.69) is 44.4 Å². The van der Waals surface area contributed by atoms with Gasteiger partial charge in [-0.05, 0) is 169 Å². The van der Waals surface area contributed by atoms with Gasteiger partial charge >= 0.3 is 5.97 Å². The van der Waals surface area contributed by atoms with Crippen molar-refractivity contribution in [3.05, 3.63) is 46.3 Å². The van der Waals surface area contributed by atoms with Crippen molar-refractivity contribution in [2.45, 2.75) is 210 Å². The molecule has 3 spiro atoms. The zero-order valence-corrected chi connectivity index (χ0v) is 43.2. The van der Waals surface area contributed by atoms with Crippen LogP contribution in [0.15, 0.2) is 34.6 Å². The second kappa shape index (κ2) is 20.3. The number of dihydropyridines is 1. The predicted molar refractivity (Wildman–Crippen MR) is 276 cm³/mol. The number of aliphatic hydroxyl groups is 1. The molecule has 10 aliphatic rings. The predicted octanol–water partition coefficient (Wildman–Crippen LogP) is 9.58. The topological polar surface area (TPSA) is 185 Å². The van der Waals surface area contributed by atoms with Crippen molar-refractivity contribution in [3.63, 3.8) is 0 Å². The van der Waals surface area contributed by atoms with Gasteiger partial charge in [-0.15, -0.1) is 0 Å². The summed E-state index contributed by atoms with van der Waals surface area (Å²) in [7, 11) is 4.14. The maximum absolute atomic E-state index is 14.5. The molecule has 7 atom stereocenters. The van der Waals surface area contributed by atoms with Crippen LogP contribution in [-0.2, 0) is 33.7 Å². The van der Waals surface area contributed by atoms with Crippen LogP contribution in [0.3, 0.4) is 0 Å². The van der Waals surface area contributed by atoms with Gasteiger partial charge in [0.05, 0.1) is 11.9 Å². The van der Waals surface area contributed by atoms with E-state index < -0.39 is 17.1 Å². The maximum atomic E-state index is 14.5. The van der Waals surface area contributed by atoms with Crippen molar-refractivity contribution >= 4 is 39.4 Å². The fraction of sp³-hybridized carbons (Fsp3) is 0.764. The van der Waals surface area contributed by atoms with Crippen molar-refractivity contribution < 1.29 is 29.3 Å². The van der Waals surface area contributed by atoms with Gasteiger partial charge in [0.2, 0.25) is 5.91 Å². The maximum Gasteiger partial charge on any atom is 0.303 e. The Hall–Kier alpha value is -3.23. The Labute approximate surface area is 419 Å². The van der Waals surface area contributed by atoms with E-state index in [0.29, 0.717) is 92.6 Å². The number of nitrogens with zero attached hydrogens (tertiary/aromatic N) is 2. The molecule has 0 unspecified atom stereocenters. The van der Waals surface area contributed by atoms with Gasteiger partial charge in [0.25, 0.3) is 0 Å². The number of amides is 1. The van der Waals surface area contributed by atoms with Crippen LogP contribution in [0.1, 0.15) is 184 Å². The van der Waals surface area contributed by atoms with E-state index in [1.807, 2.05) is 11.0 Å². The molecule has 380 valence electrons. The highest BCUT2D eigenvalue weighted by atomic mass is 33.1. The van der Waals surface area contributed by atoms with Crippen molar-refractivity contribution in [2.75, 3.05) is 25.4 Å². The molecule has 1 saturated heterocycles. The summed E-state index contributed by atoms with van der Waals surface area (Å²) in [5.74, 6) is 3.36. The minimum Gasteiger partial charge on any atom is -0.504 e. The number of phenols is 1. The first-order chi connectivity index (χ1) is 33.3. The number of aliphatic hydroxyl groups excluding tert-OH is 1. The summed E-state index contributed by atoms with van der Waals surface area (Å²) in [6, 6.07) is 2.11. The van der Waals surface area contributed by atoms with E-state index in [9.17, 15) is 19.8 Å². The number of aryl methyl sites for hydroxylation is 1. The quantitative estimate of drug-likeness (QED) is 0.125. The number of hydrogen-bond donors (Lipinski definition) is 6. The van der Waals surface area contributed by atoms with E-state index in [1.54, 1.807) is 0 Å². The fourth-order valence-electron chi connectivity index (χ4n) is 15.5. The van der Waals surface area contributed by atoms with Gasteiger partial charge in [0.15, 0.2) is 17.5 Å². The number of aliphatic imine (C=N–C) groups is 1. The lowest BCUT2D eigenvalue weighted by Crippen LogP contribution is -2.55. The molecule has 12 nitrogen and oxygen atoms in total. The summed E-state index contributed by atoms with van der Waals surface area (Å²) in [5, 5.41) is 31.4. The Morgan fingerprint density at radius 3 is 2.49 bits per heavy atom. The molecule has 5 saturated carbocycles. The standard InChI is InChI=1S/C55H82N6O6S2/c1-37(62)67-54-24-14-39(44(63)32-54)10-7-19-51(17-2-3-18-51)36-68-69-55(23-8-22-53(55)20-4-5-21-53)60-50(57)59-28-26-52(31-38-16-27-58-46(56)29-38)33-47(64)61(35-52)34-42-30-41(15-25-54)43-13-12-40-9-6-11-45(40)66-49(43)48(42)65/h16,29-30,39-40,44-45,58,63,65H,2-15,17-28,31-36,56H2,1H3,(H3,57,59,60)/t39-,40-,44+,45-,52+,54+,55-/m0/s1. The number of phenolic OH excluding ortho intramolecular Hbond substituents is 1. The summed E-state index contributed by atoms with van der Waals surface area (Å²) < 4.78 is 13.2. The Kier molecular flexibility index (Phi) is 14.6. The average Bonchev–Trinajstić information content (AvgIpc) is 4.16. The highest BCUT2D eigenvalue weighted by Gasteiger charge is 2.57. The van der Waals surface area contributed by atoms with Crippen LogP contribution in [0, 0.1) is 28.1 Å². The highest BCUT2D eigenvalue weighted by Crippen LogP contribution is 2.64. The number of carbonyl (C=O) groups excluding carboxylic acids is 2. The van der Waals surface area contributed by atoms with Crippen LogP contribution in [-0.4, -0.2) is 81.0 Å². The molecule has 1 amide bonds. The third-order valence-corrected chi connectivity index (χ3v) is 22.6. The Balaban J connectivity index is 0.992. The number of nitrogens with one attached hydrogen (secondary N) is 2. The number of esters is 1. The lowest BCUT2D eigenvalue weighted by Gasteiger charge is -2.44. The van der Waals surface area contributed by atoms with E-state index in [0.717, 1.165) is 86.7 Å². The lowest BCUT2D eigenvalue weighted by atomic mass is 9.71. The summed E-state index contributed by atoms with van der Waals surface area (Å²) in [6.07, 6.45) is 30.5. The summed E-state index contributed by atoms with van der Waals surface area (Å²) in [5.41, 5.74) is 16.6. The first kappa shape index (κ1) is 49.4. The van der Waals surface area contributed by atoms with Gasteiger partial charge in [-0.25, -0.2) is 0 Å². The number of hydrogen-bond acceptors (Lipinski definition) is 13. The number of nitrogens with two attached hydrogens (primary N) is 2. The highest BCUT2D eigenvalue weighted by molar-refractivity contribution is 8.77. The van der Waals surface area contributed by atoms with Crippen LogP contribution in [0.25, 0.3) is 0 Å². The van der Waals surface area contributed by atoms with Crippen LogP contribution >= 0.6 is 21.6 Å². The third-order valence-electron chi connectivity index (χ3n) is 19.2. The number of carbonyl (C=O) groups is 2. The fourth-order valence-corrected chi connectivity index (χ4v) is 19.7. The second-order valence-corrected chi connectivity index (χ2v) is 26.3. The van der Waals surface area contributed by atoms with Gasteiger partial charge in [0.1, 0.15) is 16.6 Å². The summed E-state index contributed by atoms with van der Waals surface area (Å²) >= 11 is 0. The Morgan fingerprint density at radius 2 is 1.70 bits per heavy atom. The number of allylic oxidation sites excluding steroid dienone is 2. The molecule has 11 rings (SSSR count). The van der Waals surface area contributed by atoms with E-state index >= 15 is 0 Å². The zero-order valence-electron chi connectivity index (χ0n) is 41.6. The number of rotatable bonds is 3. The molecule has 5 aliphatic heterocycles. The Bertz CT molecular complexity index is 2170. The van der Waals surface area contributed by atoms with Gasteiger partial charge < -0.3 is 46.7 Å². The molecule has 8 N–H and O–H groups in total. The first-order valence-electron chi connectivity index (χ1n) is 27.3. The molecular weight excluding hydrogens is 905 g/mol. The van der Waals surface area contributed by atoms with Crippen LogP contribution < -0.4 is 26.8 Å². The average molecular weight is 987 g/mol. The van der Waals surface area contributed by atoms with Crippen molar-refractivity contribution in [1.82, 2.24) is 15.5 Å². The first-order valence-corrected chi connectivity index (χ1v) is 29.6. The van der Waals surface area contributed by atoms with Crippen LogP contribution in [0.5, 0.6) is 11.5 Å². The molecule has 6 fully saturated rings. The van der Waals surface area contributed by atoms with Gasteiger partial charge in [-0.1, -0.05) is 59.8 Å². The largest absolute Gasteiger partial charge is 0.504 e. The molecule has 5 aliphatic carbocycles. The molecule has 6 bridgehead atoms. The molecular formula is C55H82N6O6S2. The monoisotopic (exact) mass is 987 g/mol. The third kappa shape index (κ3) is 10.4. The lowest BCUT2D eigenvalue weighted by molar-refractivity contribution is -0.168. The number of benzene rings is 1. The van der Waals surface area contributed by atoms with E-state index in [4.69, 9.17) is 25.9 Å². The normalized spacial score (nSPS) is 35.1. The summed E-state index contributed by atoms with van der Waals surface area (Å²) in [6.45, 7) is 3.41. The minimum absolute atomic E-state index is 0.0579. The molecule has 1 aromatic rings. The van der Waals surface area contributed by atoms with Crippen molar-refractivity contribution in [1.29, 1.82) is 0 Å². The number of guanidine groups is 1. The molecule has 14 heteroatoms. The van der Waals surface area contributed by atoms with Crippen molar-refractivity contribution in [2.24, 2.45) is 44.5 Å². The van der Waals surface area contributed by atoms with Crippen molar-refractivity contribution in [3.8, 4) is 11.5 Å². The smallest absolute Gasteiger partial charge is 0.303 e. The molecule has 0 radical (unpaired) electrons. The van der Waals surface area contributed by atoms with Gasteiger partial charge in [-0.2, -0.15) is 0 Å². The molecule has 1 aromatic carbocycles. The molecule has 5 heterocycles. The van der Waals surface area contributed by atoms with Crippen LogP contribution in [0.4, 0.5) is 0 Å². The SMILES string of the molecule is CC(=O)O[C@@]12CCc3cc(c(O)c4c3CC[C@@H]3CCC[C@@H]3O4)CN3C[C@@](CC4=CCNC(N)=C4)(CCN=C(N)N[C@@]4(CCCC45CCCC5)SSCC4(CCCC4)CCC[C@@H](CC1)[C@H](O)C2)CC3=O. The number of fused-ring (bicyclic) bond motifs is 12.